The normalized spacial score (nSPS) is 10.9. The molecule has 0 amide bonds. The molecule has 0 bridgehead atoms. The molecule has 252 valence electrons. The molecule has 4 rings (SSSR count). The van der Waals surface area contributed by atoms with Gasteiger partial charge in [0.1, 0.15) is 11.5 Å². The van der Waals surface area contributed by atoms with Gasteiger partial charge in [0.05, 0.1) is 24.3 Å². The van der Waals surface area contributed by atoms with E-state index in [1.807, 2.05) is 72.8 Å². The van der Waals surface area contributed by atoms with E-state index in [1.165, 1.54) is 38.5 Å². The van der Waals surface area contributed by atoms with Crippen molar-refractivity contribution in [1.29, 1.82) is 0 Å². The number of benzene rings is 4. The summed E-state index contributed by atoms with van der Waals surface area (Å²) in [6, 6.07) is 29.6. The quantitative estimate of drug-likeness (QED) is 0.0824. The van der Waals surface area contributed by atoms with Gasteiger partial charge >= 0.3 is 11.9 Å². The van der Waals surface area contributed by atoms with Crippen molar-refractivity contribution in [2.75, 3.05) is 13.2 Å². The Morgan fingerprint density at radius 3 is 1.02 bits per heavy atom. The maximum Gasteiger partial charge on any atom is 0.335 e. The van der Waals surface area contributed by atoms with Crippen LogP contribution in [0.5, 0.6) is 11.5 Å². The second kappa shape index (κ2) is 21.6. The number of hydrogen-bond acceptors (Lipinski definition) is 4. The highest BCUT2D eigenvalue weighted by atomic mass is 16.5. The lowest BCUT2D eigenvalue weighted by molar-refractivity contribution is 0.0686. The molecule has 0 unspecified atom stereocenters. The Morgan fingerprint density at radius 1 is 0.458 bits per heavy atom. The molecule has 0 radical (unpaired) electrons. The zero-order valence-corrected chi connectivity index (χ0v) is 28.1. The summed E-state index contributed by atoms with van der Waals surface area (Å²) in [5, 5.41) is 17.8. The van der Waals surface area contributed by atoms with E-state index in [1.54, 1.807) is 48.5 Å². The van der Waals surface area contributed by atoms with Gasteiger partial charge < -0.3 is 19.7 Å². The average molecular weight is 649 g/mol. The molecule has 0 spiro atoms. The molecule has 0 aliphatic rings. The van der Waals surface area contributed by atoms with Gasteiger partial charge in [0.2, 0.25) is 0 Å². The van der Waals surface area contributed by atoms with Crippen LogP contribution >= 0.6 is 0 Å². The molecule has 0 fully saturated rings. The second-order valence-corrected chi connectivity index (χ2v) is 11.5. The topological polar surface area (TPSA) is 93.1 Å². The summed E-state index contributed by atoms with van der Waals surface area (Å²) in [7, 11) is 0. The Hall–Kier alpha value is -5.10. The van der Waals surface area contributed by atoms with Crippen LogP contribution in [0.2, 0.25) is 0 Å². The Labute approximate surface area is 285 Å². The fraction of sp³-hybridized carbons (Fsp3) is 0.286. The van der Waals surface area contributed by atoms with Crippen molar-refractivity contribution in [3.05, 3.63) is 130 Å². The minimum Gasteiger partial charge on any atom is -0.494 e. The van der Waals surface area contributed by atoms with Crippen molar-refractivity contribution in [2.24, 2.45) is 0 Å². The monoisotopic (exact) mass is 648 g/mol. The maximum absolute atomic E-state index is 10.8. The zero-order valence-electron chi connectivity index (χ0n) is 28.1. The van der Waals surface area contributed by atoms with E-state index in [2.05, 4.69) is 13.8 Å². The van der Waals surface area contributed by atoms with Crippen molar-refractivity contribution in [2.45, 2.75) is 65.2 Å². The maximum atomic E-state index is 10.8. The zero-order chi connectivity index (χ0) is 34.4. The van der Waals surface area contributed by atoms with Gasteiger partial charge in [-0.1, -0.05) is 125 Å². The van der Waals surface area contributed by atoms with Crippen LogP contribution in [0.4, 0.5) is 0 Å². The van der Waals surface area contributed by atoms with E-state index in [9.17, 15) is 9.59 Å². The summed E-state index contributed by atoms with van der Waals surface area (Å²) in [6.45, 7) is 5.94. The lowest BCUT2D eigenvalue weighted by atomic mass is 10.1. The number of ether oxygens (including phenoxy) is 2. The third kappa shape index (κ3) is 14.5. The summed E-state index contributed by atoms with van der Waals surface area (Å²) in [6.07, 6.45) is 17.6. The molecule has 0 heterocycles. The van der Waals surface area contributed by atoms with E-state index in [-0.39, 0.29) is 0 Å². The van der Waals surface area contributed by atoms with E-state index >= 15 is 0 Å². The molecule has 0 aliphatic carbocycles. The van der Waals surface area contributed by atoms with Crippen LogP contribution in [-0.4, -0.2) is 35.4 Å². The summed E-state index contributed by atoms with van der Waals surface area (Å²) in [5.41, 5.74) is 4.69. The van der Waals surface area contributed by atoms with Crippen molar-refractivity contribution in [1.82, 2.24) is 0 Å². The molecule has 4 aromatic rings. The number of carbonyl (C=O) groups is 2. The van der Waals surface area contributed by atoms with Gasteiger partial charge in [-0.3, -0.25) is 0 Å². The first kappa shape index (κ1) is 37.4. The number of hydrogen-bond donors (Lipinski definition) is 2. The van der Waals surface area contributed by atoms with Gasteiger partial charge in [0.25, 0.3) is 0 Å². The predicted molar refractivity (Wildman–Crippen MR) is 197 cm³/mol. The van der Waals surface area contributed by atoms with Crippen LogP contribution in [0.25, 0.3) is 24.3 Å². The molecule has 0 aromatic heterocycles. The summed E-state index contributed by atoms with van der Waals surface area (Å²) >= 11 is 0. The standard InChI is InChI=1S/2C21H24O3/c2*1-2-3-4-5-16-24-20-14-10-18(11-15-20)7-6-17-8-12-19(13-9-17)21(22)23/h2*6-15H,2-5,16H2,1H3,(H,22,23)/b7-6+;7-6-. The van der Waals surface area contributed by atoms with Crippen LogP contribution in [0.1, 0.15) is 108 Å². The molecule has 2 N–H and O–H groups in total. The summed E-state index contributed by atoms with van der Waals surface area (Å²) in [4.78, 5) is 21.6. The fourth-order valence-corrected chi connectivity index (χ4v) is 4.65. The first-order valence-electron chi connectivity index (χ1n) is 16.9. The summed E-state index contributed by atoms with van der Waals surface area (Å²) in [5.74, 6) is -0.0180. The van der Waals surface area contributed by atoms with Gasteiger partial charge in [-0.05, 0) is 83.6 Å². The first-order valence-corrected chi connectivity index (χ1v) is 16.9. The van der Waals surface area contributed by atoms with Gasteiger partial charge in [-0.2, -0.15) is 0 Å². The van der Waals surface area contributed by atoms with Crippen molar-refractivity contribution < 1.29 is 29.3 Å². The van der Waals surface area contributed by atoms with Gasteiger partial charge in [-0.25, -0.2) is 9.59 Å². The summed E-state index contributed by atoms with van der Waals surface area (Å²) < 4.78 is 11.5. The number of aromatic carboxylic acids is 2. The molecule has 6 heteroatoms. The Morgan fingerprint density at radius 2 is 0.750 bits per heavy atom. The second-order valence-electron chi connectivity index (χ2n) is 11.5. The minimum atomic E-state index is -0.907. The van der Waals surface area contributed by atoms with Crippen molar-refractivity contribution in [3.8, 4) is 11.5 Å². The Kier molecular flexibility index (Phi) is 16.8. The molecule has 0 saturated heterocycles. The van der Waals surface area contributed by atoms with E-state index < -0.39 is 11.9 Å². The molecule has 0 aliphatic heterocycles. The van der Waals surface area contributed by atoms with E-state index in [0.29, 0.717) is 11.1 Å². The Balaban J connectivity index is 0.000000260. The van der Waals surface area contributed by atoms with Crippen LogP contribution in [0.3, 0.4) is 0 Å². The average Bonchev–Trinajstić information content (AvgIpc) is 3.11. The number of unbranched alkanes of at least 4 members (excludes halogenated alkanes) is 6. The molecule has 0 saturated carbocycles. The molecule has 0 atom stereocenters. The van der Waals surface area contributed by atoms with Crippen molar-refractivity contribution >= 4 is 36.2 Å². The SMILES string of the molecule is CCCCCCOc1ccc(/C=C/c2ccc(C(=O)O)cc2)cc1.CCCCCCOc1ccc(/C=C\c2ccc(C(=O)O)cc2)cc1. The fourth-order valence-electron chi connectivity index (χ4n) is 4.65. The third-order valence-electron chi connectivity index (χ3n) is 7.55. The van der Waals surface area contributed by atoms with Gasteiger partial charge in [0, 0.05) is 0 Å². The largest absolute Gasteiger partial charge is 0.494 e. The molecule has 48 heavy (non-hydrogen) atoms. The molecule has 4 aromatic carbocycles. The van der Waals surface area contributed by atoms with Crippen LogP contribution in [0.15, 0.2) is 97.1 Å². The molecular weight excluding hydrogens is 600 g/mol. The number of carboxylic acids is 2. The van der Waals surface area contributed by atoms with Crippen LogP contribution in [0, 0.1) is 0 Å². The smallest absolute Gasteiger partial charge is 0.335 e. The minimum absolute atomic E-state index is 0.299. The number of rotatable bonds is 18. The van der Waals surface area contributed by atoms with Gasteiger partial charge in [0.15, 0.2) is 0 Å². The molecular formula is C42H48O6. The van der Waals surface area contributed by atoms with Crippen LogP contribution in [-0.2, 0) is 0 Å². The van der Waals surface area contributed by atoms with E-state index in [4.69, 9.17) is 19.7 Å². The predicted octanol–water partition coefficient (Wildman–Crippen LogP) is 11.0. The highest BCUT2D eigenvalue weighted by Gasteiger charge is 2.01. The highest BCUT2D eigenvalue weighted by Crippen LogP contribution is 2.17. The van der Waals surface area contributed by atoms with Crippen molar-refractivity contribution in [3.63, 3.8) is 0 Å². The number of carboxylic acid groups (broad SMARTS) is 2. The lowest BCUT2D eigenvalue weighted by Crippen LogP contribution is -1.96. The lowest BCUT2D eigenvalue weighted by Gasteiger charge is -2.06. The third-order valence-corrected chi connectivity index (χ3v) is 7.55. The highest BCUT2D eigenvalue weighted by molar-refractivity contribution is 5.88. The van der Waals surface area contributed by atoms with E-state index in [0.717, 1.165) is 59.8 Å². The Bertz CT molecular complexity index is 1430. The van der Waals surface area contributed by atoms with Crippen LogP contribution < -0.4 is 9.47 Å². The molecule has 6 nitrogen and oxygen atoms in total. The first-order chi connectivity index (χ1) is 23.4. The van der Waals surface area contributed by atoms with Gasteiger partial charge in [-0.15, -0.1) is 0 Å².